The topological polar surface area (TPSA) is 54.4 Å². The number of allylic oxidation sites excluding steroid dienone is 1. The molecule has 0 aromatic heterocycles. The van der Waals surface area contributed by atoms with Crippen LogP contribution in [0.4, 0.5) is 0 Å². The zero-order chi connectivity index (χ0) is 11.7. The third-order valence-corrected chi connectivity index (χ3v) is 3.64. The molecular formula is C11H20O3S. The predicted octanol–water partition coefficient (Wildman–Crippen LogP) is 1.53. The lowest BCUT2D eigenvalue weighted by molar-refractivity contribution is 0.138. The number of sulfone groups is 1. The molecule has 0 fully saturated rings. The molecule has 3 nitrogen and oxygen atoms in total. The van der Waals surface area contributed by atoms with E-state index in [0.717, 1.165) is 18.4 Å². The van der Waals surface area contributed by atoms with Crippen LogP contribution in [0.2, 0.25) is 0 Å². The lowest BCUT2D eigenvalue weighted by Gasteiger charge is -2.32. The van der Waals surface area contributed by atoms with Crippen LogP contribution in [0.3, 0.4) is 0 Å². The van der Waals surface area contributed by atoms with Crippen LogP contribution >= 0.6 is 0 Å². The first kappa shape index (κ1) is 12.7. The minimum Gasteiger partial charge on any atom is -0.389 e. The van der Waals surface area contributed by atoms with Crippen molar-refractivity contribution in [3.63, 3.8) is 0 Å². The van der Waals surface area contributed by atoms with Gasteiger partial charge in [-0.1, -0.05) is 25.5 Å². The Kier molecular flexibility index (Phi) is 3.61. The van der Waals surface area contributed by atoms with E-state index in [1.165, 1.54) is 6.26 Å². The number of rotatable bonds is 3. The highest BCUT2D eigenvalue weighted by Crippen LogP contribution is 2.36. The first-order valence-corrected chi connectivity index (χ1v) is 7.29. The number of hydrogen-bond donors (Lipinski definition) is 1. The van der Waals surface area contributed by atoms with Crippen LogP contribution in [0.1, 0.15) is 33.1 Å². The molecule has 0 aromatic rings. The van der Waals surface area contributed by atoms with Gasteiger partial charge in [-0.2, -0.15) is 0 Å². The summed E-state index contributed by atoms with van der Waals surface area (Å²) in [6, 6.07) is 0. The SMILES string of the molecule is CC1(C)CC(CCS(C)(=O)=O)=CC(O)C1. The maximum atomic E-state index is 11.0. The fourth-order valence-corrected chi connectivity index (χ4v) is 2.76. The van der Waals surface area contributed by atoms with E-state index in [2.05, 4.69) is 13.8 Å². The third-order valence-electron chi connectivity index (χ3n) is 2.69. The van der Waals surface area contributed by atoms with Crippen LogP contribution in [-0.4, -0.2) is 31.6 Å². The summed E-state index contributed by atoms with van der Waals surface area (Å²) in [4.78, 5) is 0. The average Bonchev–Trinajstić information content (AvgIpc) is 1.95. The summed E-state index contributed by atoms with van der Waals surface area (Å²) in [5.74, 6) is 0.182. The Morgan fingerprint density at radius 3 is 2.60 bits per heavy atom. The zero-order valence-corrected chi connectivity index (χ0v) is 10.5. The van der Waals surface area contributed by atoms with Crippen LogP contribution in [-0.2, 0) is 9.84 Å². The molecule has 0 saturated carbocycles. The Morgan fingerprint density at radius 2 is 2.13 bits per heavy atom. The molecular weight excluding hydrogens is 212 g/mol. The summed E-state index contributed by atoms with van der Waals surface area (Å²) in [5, 5.41) is 9.62. The predicted molar refractivity (Wildman–Crippen MR) is 61.4 cm³/mol. The smallest absolute Gasteiger partial charge is 0.147 e. The summed E-state index contributed by atoms with van der Waals surface area (Å²) < 4.78 is 22.1. The van der Waals surface area contributed by atoms with Crippen LogP contribution < -0.4 is 0 Å². The molecule has 0 saturated heterocycles. The second-order valence-electron chi connectivity index (χ2n) is 5.32. The first-order valence-electron chi connectivity index (χ1n) is 5.23. The fourth-order valence-electron chi connectivity index (χ4n) is 2.13. The van der Waals surface area contributed by atoms with E-state index in [4.69, 9.17) is 0 Å². The van der Waals surface area contributed by atoms with Crippen molar-refractivity contribution in [1.82, 2.24) is 0 Å². The quantitative estimate of drug-likeness (QED) is 0.751. The molecule has 0 radical (unpaired) electrons. The lowest BCUT2D eigenvalue weighted by atomic mass is 9.75. The largest absolute Gasteiger partial charge is 0.389 e. The van der Waals surface area contributed by atoms with Crippen LogP contribution in [0, 0.1) is 5.41 Å². The second-order valence-corrected chi connectivity index (χ2v) is 7.58. The molecule has 0 aromatic carbocycles. The maximum absolute atomic E-state index is 11.0. The van der Waals surface area contributed by atoms with E-state index >= 15 is 0 Å². The fraction of sp³-hybridized carbons (Fsp3) is 0.818. The van der Waals surface area contributed by atoms with Crippen molar-refractivity contribution in [1.29, 1.82) is 0 Å². The van der Waals surface area contributed by atoms with Gasteiger partial charge in [-0.3, -0.25) is 0 Å². The molecule has 1 unspecified atom stereocenters. The molecule has 0 amide bonds. The molecule has 15 heavy (non-hydrogen) atoms. The van der Waals surface area contributed by atoms with E-state index in [9.17, 15) is 13.5 Å². The van der Waals surface area contributed by atoms with Crippen molar-refractivity contribution in [2.45, 2.75) is 39.2 Å². The molecule has 88 valence electrons. The van der Waals surface area contributed by atoms with Gasteiger partial charge < -0.3 is 5.11 Å². The number of hydrogen-bond acceptors (Lipinski definition) is 3. The average molecular weight is 232 g/mol. The van der Waals surface area contributed by atoms with E-state index in [0.29, 0.717) is 6.42 Å². The van der Waals surface area contributed by atoms with Crippen molar-refractivity contribution < 1.29 is 13.5 Å². The molecule has 0 heterocycles. The summed E-state index contributed by atoms with van der Waals surface area (Å²) >= 11 is 0. The summed E-state index contributed by atoms with van der Waals surface area (Å²) in [7, 11) is -2.90. The molecule has 1 aliphatic carbocycles. The molecule has 1 rings (SSSR count). The van der Waals surface area contributed by atoms with Gasteiger partial charge in [-0.05, 0) is 24.7 Å². The van der Waals surface area contributed by atoms with E-state index < -0.39 is 15.9 Å². The van der Waals surface area contributed by atoms with Gasteiger partial charge >= 0.3 is 0 Å². The van der Waals surface area contributed by atoms with Gasteiger partial charge in [0.25, 0.3) is 0 Å². The van der Waals surface area contributed by atoms with Gasteiger partial charge in [-0.15, -0.1) is 0 Å². The molecule has 1 N–H and O–H groups in total. The Balaban J connectivity index is 2.63. The Morgan fingerprint density at radius 1 is 1.53 bits per heavy atom. The van der Waals surface area contributed by atoms with Crippen molar-refractivity contribution in [3.05, 3.63) is 11.6 Å². The van der Waals surface area contributed by atoms with Gasteiger partial charge in [0.2, 0.25) is 0 Å². The summed E-state index contributed by atoms with van der Waals surface area (Å²) in [6.07, 6.45) is 4.85. The van der Waals surface area contributed by atoms with Crippen LogP contribution in [0.5, 0.6) is 0 Å². The molecule has 0 bridgehead atoms. The minimum atomic E-state index is -2.90. The van der Waals surface area contributed by atoms with Crippen LogP contribution in [0.25, 0.3) is 0 Å². The van der Waals surface area contributed by atoms with Gasteiger partial charge in [0.1, 0.15) is 9.84 Å². The molecule has 0 aliphatic heterocycles. The standard InChI is InChI=1S/C11H20O3S/c1-11(2)7-9(6-10(12)8-11)4-5-15(3,13)14/h6,10,12H,4-5,7-8H2,1-3H3. The first-order chi connectivity index (χ1) is 6.68. The zero-order valence-electron chi connectivity index (χ0n) is 9.66. The lowest BCUT2D eigenvalue weighted by Crippen LogP contribution is -2.25. The second kappa shape index (κ2) is 4.26. The normalized spacial score (nSPS) is 26.1. The summed E-state index contributed by atoms with van der Waals surface area (Å²) in [6.45, 7) is 4.20. The summed E-state index contributed by atoms with van der Waals surface area (Å²) in [5.41, 5.74) is 1.16. The third kappa shape index (κ3) is 4.80. The van der Waals surface area contributed by atoms with E-state index in [1.807, 2.05) is 6.08 Å². The van der Waals surface area contributed by atoms with Gasteiger partial charge in [-0.25, -0.2) is 8.42 Å². The number of aliphatic hydroxyl groups is 1. The van der Waals surface area contributed by atoms with Crippen molar-refractivity contribution >= 4 is 9.84 Å². The highest BCUT2D eigenvalue weighted by atomic mass is 32.2. The van der Waals surface area contributed by atoms with Crippen molar-refractivity contribution in [2.75, 3.05) is 12.0 Å². The van der Waals surface area contributed by atoms with E-state index in [-0.39, 0.29) is 11.2 Å². The molecule has 1 aliphatic rings. The van der Waals surface area contributed by atoms with Crippen molar-refractivity contribution in [2.24, 2.45) is 5.41 Å². The Hall–Kier alpha value is -0.350. The molecule has 4 heteroatoms. The van der Waals surface area contributed by atoms with Crippen molar-refractivity contribution in [3.8, 4) is 0 Å². The van der Waals surface area contributed by atoms with Crippen LogP contribution in [0.15, 0.2) is 11.6 Å². The van der Waals surface area contributed by atoms with E-state index in [1.54, 1.807) is 0 Å². The maximum Gasteiger partial charge on any atom is 0.147 e. The van der Waals surface area contributed by atoms with Gasteiger partial charge in [0, 0.05) is 6.26 Å². The van der Waals surface area contributed by atoms with Gasteiger partial charge in [0.15, 0.2) is 0 Å². The highest BCUT2D eigenvalue weighted by molar-refractivity contribution is 7.90. The Labute approximate surface area is 92.1 Å². The highest BCUT2D eigenvalue weighted by Gasteiger charge is 2.27. The number of aliphatic hydroxyl groups excluding tert-OH is 1. The molecule has 0 spiro atoms. The minimum absolute atomic E-state index is 0.0843. The Bertz CT molecular complexity index is 352. The monoisotopic (exact) mass is 232 g/mol. The van der Waals surface area contributed by atoms with Gasteiger partial charge in [0.05, 0.1) is 11.9 Å². The molecule has 1 atom stereocenters.